The fourth-order valence-corrected chi connectivity index (χ4v) is 3.53. The van der Waals surface area contributed by atoms with Crippen molar-refractivity contribution in [2.24, 2.45) is 15.4 Å². The Kier molecular flexibility index (Phi) is 5.05. The summed E-state index contributed by atoms with van der Waals surface area (Å²) in [6.07, 6.45) is 2.46. The zero-order valence-electron chi connectivity index (χ0n) is 16.7. The van der Waals surface area contributed by atoms with Crippen LogP contribution in [-0.4, -0.2) is 41.3 Å². The first-order valence-electron chi connectivity index (χ1n) is 10.1. The van der Waals surface area contributed by atoms with E-state index in [0.717, 1.165) is 41.2 Å². The van der Waals surface area contributed by atoms with Gasteiger partial charge in [-0.2, -0.15) is 5.11 Å². The highest BCUT2D eigenvalue weighted by molar-refractivity contribution is 6.03. The predicted molar refractivity (Wildman–Crippen MR) is 120 cm³/mol. The standard InChI is InChI=1S/C22H20N8O/c31-22(27-20-4-1-2-11-24-20)30-13-3-12-23-18-10-9-17(26-21(18)30)15-5-7-16(8-6-15)19-14-25-29-28-19/h1-2,4-11,23H,3,12-14H2,(H,24,27,31). The number of urea groups is 1. The second kappa shape index (κ2) is 8.31. The number of carbonyl (C=O) groups is 1. The third kappa shape index (κ3) is 3.97. The van der Waals surface area contributed by atoms with E-state index in [4.69, 9.17) is 4.98 Å². The molecule has 5 rings (SSSR count). The van der Waals surface area contributed by atoms with E-state index in [2.05, 4.69) is 31.1 Å². The van der Waals surface area contributed by atoms with Gasteiger partial charge in [-0.05, 0) is 41.5 Å². The summed E-state index contributed by atoms with van der Waals surface area (Å²) in [5, 5.41) is 17.8. The molecule has 154 valence electrons. The zero-order valence-corrected chi connectivity index (χ0v) is 16.7. The van der Waals surface area contributed by atoms with E-state index in [1.807, 2.05) is 48.5 Å². The van der Waals surface area contributed by atoms with Crippen molar-refractivity contribution in [3.63, 3.8) is 0 Å². The number of benzene rings is 1. The molecule has 1 aromatic carbocycles. The summed E-state index contributed by atoms with van der Waals surface area (Å²) in [4.78, 5) is 23.7. The monoisotopic (exact) mass is 412 g/mol. The van der Waals surface area contributed by atoms with Crippen molar-refractivity contribution in [3.8, 4) is 11.3 Å². The number of amides is 2. The summed E-state index contributed by atoms with van der Waals surface area (Å²) in [5.74, 6) is 1.11. The third-order valence-corrected chi connectivity index (χ3v) is 5.11. The largest absolute Gasteiger partial charge is 0.382 e. The molecule has 9 nitrogen and oxygen atoms in total. The molecule has 2 aromatic heterocycles. The van der Waals surface area contributed by atoms with E-state index >= 15 is 0 Å². The summed E-state index contributed by atoms with van der Waals surface area (Å²) in [5.41, 5.74) is 4.41. The molecule has 0 atom stereocenters. The first-order chi connectivity index (χ1) is 15.3. The van der Waals surface area contributed by atoms with Crippen molar-refractivity contribution in [2.45, 2.75) is 6.42 Å². The van der Waals surface area contributed by atoms with Crippen molar-refractivity contribution in [2.75, 3.05) is 35.2 Å². The second-order valence-corrected chi connectivity index (χ2v) is 7.16. The number of aromatic nitrogens is 2. The smallest absolute Gasteiger partial charge is 0.328 e. The molecule has 3 aromatic rings. The van der Waals surface area contributed by atoms with Gasteiger partial charge < -0.3 is 5.32 Å². The maximum Gasteiger partial charge on any atom is 0.328 e. The van der Waals surface area contributed by atoms with E-state index in [-0.39, 0.29) is 6.03 Å². The molecule has 0 unspecified atom stereocenters. The summed E-state index contributed by atoms with van der Waals surface area (Å²) in [7, 11) is 0. The van der Waals surface area contributed by atoms with Crippen molar-refractivity contribution in [1.82, 2.24) is 9.97 Å². The summed E-state index contributed by atoms with van der Waals surface area (Å²) in [6.45, 7) is 1.83. The van der Waals surface area contributed by atoms with Gasteiger partial charge in [0.15, 0.2) is 5.82 Å². The molecule has 0 radical (unpaired) electrons. The molecule has 2 amide bonds. The maximum atomic E-state index is 13.0. The molecule has 0 spiro atoms. The molecule has 0 saturated carbocycles. The molecular weight excluding hydrogens is 392 g/mol. The highest BCUT2D eigenvalue weighted by atomic mass is 16.2. The van der Waals surface area contributed by atoms with Crippen LogP contribution in [-0.2, 0) is 0 Å². The fourth-order valence-electron chi connectivity index (χ4n) is 3.53. The zero-order chi connectivity index (χ0) is 21.0. The number of anilines is 3. The fraction of sp³-hybridized carbons (Fsp3) is 0.182. The Hall–Kier alpha value is -4.14. The third-order valence-electron chi connectivity index (χ3n) is 5.11. The molecule has 0 saturated heterocycles. The number of hydrogen-bond acceptors (Lipinski definition) is 7. The van der Waals surface area contributed by atoms with Crippen molar-refractivity contribution in [1.29, 1.82) is 0 Å². The van der Waals surface area contributed by atoms with Gasteiger partial charge >= 0.3 is 6.03 Å². The van der Waals surface area contributed by atoms with Crippen molar-refractivity contribution >= 4 is 29.1 Å². The lowest BCUT2D eigenvalue weighted by molar-refractivity contribution is 0.256. The van der Waals surface area contributed by atoms with Crippen LogP contribution < -0.4 is 15.5 Å². The Morgan fingerprint density at radius 3 is 2.68 bits per heavy atom. The highest BCUT2D eigenvalue weighted by Gasteiger charge is 2.23. The van der Waals surface area contributed by atoms with Crippen LogP contribution in [0.3, 0.4) is 0 Å². The van der Waals surface area contributed by atoms with Crippen molar-refractivity contribution in [3.05, 3.63) is 66.4 Å². The maximum absolute atomic E-state index is 13.0. The molecule has 4 heterocycles. The Morgan fingerprint density at radius 1 is 1.03 bits per heavy atom. The molecule has 2 aliphatic heterocycles. The number of pyridine rings is 2. The first-order valence-corrected chi connectivity index (χ1v) is 10.1. The molecule has 31 heavy (non-hydrogen) atoms. The molecule has 2 aliphatic rings. The van der Waals surface area contributed by atoms with Gasteiger partial charge in [-0.1, -0.05) is 30.3 Å². The average Bonchev–Trinajstić information content (AvgIpc) is 3.27. The average molecular weight is 412 g/mol. The lowest BCUT2D eigenvalue weighted by Crippen LogP contribution is -2.36. The minimum Gasteiger partial charge on any atom is -0.382 e. The second-order valence-electron chi connectivity index (χ2n) is 7.16. The number of nitrogens with zero attached hydrogens (tertiary/aromatic N) is 6. The quantitative estimate of drug-likeness (QED) is 0.673. The minimum absolute atomic E-state index is 0.254. The molecule has 0 fully saturated rings. The van der Waals surface area contributed by atoms with Crippen LogP contribution in [0.4, 0.5) is 22.1 Å². The number of fused-ring (bicyclic) bond motifs is 1. The first kappa shape index (κ1) is 18.9. The predicted octanol–water partition coefficient (Wildman–Crippen LogP) is 4.17. The normalized spacial score (nSPS) is 15.0. The van der Waals surface area contributed by atoms with Gasteiger partial charge in [0.2, 0.25) is 0 Å². The van der Waals surface area contributed by atoms with E-state index in [1.165, 1.54) is 0 Å². The Balaban J connectivity index is 1.43. The Bertz CT molecular complexity index is 1160. The number of hydrogen-bond donors (Lipinski definition) is 2. The molecule has 2 N–H and O–H groups in total. The molecule has 0 aliphatic carbocycles. The molecule has 9 heteroatoms. The summed E-state index contributed by atoms with van der Waals surface area (Å²) >= 11 is 0. The summed E-state index contributed by atoms with van der Waals surface area (Å²) in [6, 6.07) is 17.0. The van der Waals surface area contributed by atoms with E-state index in [9.17, 15) is 4.79 Å². The summed E-state index contributed by atoms with van der Waals surface area (Å²) < 4.78 is 0. The van der Waals surface area contributed by atoms with Gasteiger partial charge in [-0.15, -0.1) is 5.10 Å². The lowest BCUT2D eigenvalue weighted by Gasteiger charge is -2.22. The van der Waals surface area contributed by atoms with Gasteiger partial charge in [0.25, 0.3) is 0 Å². The van der Waals surface area contributed by atoms with Gasteiger partial charge in [0.1, 0.15) is 12.4 Å². The van der Waals surface area contributed by atoms with Gasteiger partial charge in [-0.25, -0.2) is 14.8 Å². The van der Waals surface area contributed by atoms with Crippen LogP contribution in [0.25, 0.3) is 11.3 Å². The number of nitrogens with one attached hydrogen (secondary N) is 2. The van der Waals surface area contributed by atoms with Gasteiger partial charge in [-0.3, -0.25) is 10.2 Å². The molecule has 0 bridgehead atoms. The number of carbonyl (C=O) groups excluding carboxylic acids is 1. The van der Waals surface area contributed by atoms with E-state index in [0.29, 0.717) is 24.7 Å². The van der Waals surface area contributed by atoms with Gasteiger partial charge in [0, 0.05) is 24.8 Å². The topological polar surface area (TPSA) is 107 Å². The van der Waals surface area contributed by atoms with E-state index < -0.39 is 0 Å². The SMILES string of the molecule is O=C(Nc1ccccn1)N1CCCNc2ccc(-c3ccc(C4=NN=NC4)cc3)nc21. The van der Waals surface area contributed by atoms with Gasteiger partial charge in [0.05, 0.1) is 17.1 Å². The van der Waals surface area contributed by atoms with Crippen LogP contribution in [0.2, 0.25) is 0 Å². The number of rotatable bonds is 3. The van der Waals surface area contributed by atoms with Crippen LogP contribution in [0, 0.1) is 0 Å². The Labute approximate surface area is 178 Å². The highest BCUT2D eigenvalue weighted by Crippen LogP contribution is 2.30. The van der Waals surface area contributed by atoms with Crippen LogP contribution in [0.1, 0.15) is 12.0 Å². The van der Waals surface area contributed by atoms with Crippen molar-refractivity contribution < 1.29 is 4.79 Å². The minimum atomic E-state index is -0.254. The molecular formula is C22H20N8O. The van der Waals surface area contributed by atoms with Crippen LogP contribution in [0.5, 0.6) is 0 Å². The van der Waals surface area contributed by atoms with Crippen LogP contribution >= 0.6 is 0 Å². The lowest BCUT2D eigenvalue weighted by atomic mass is 10.1. The van der Waals surface area contributed by atoms with E-state index in [1.54, 1.807) is 17.2 Å². The Morgan fingerprint density at radius 2 is 1.90 bits per heavy atom. The van der Waals surface area contributed by atoms with Crippen LogP contribution in [0.15, 0.2) is 76.2 Å².